The van der Waals surface area contributed by atoms with Crippen molar-refractivity contribution in [1.82, 2.24) is 15.0 Å². The van der Waals surface area contributed by atoms with Crippen LogP contribution < -0.4 is 0 Å². The lowest BCUT2D eigenvalue weighted by Crippen LogP contribution is -2.52. The number of aromatic nitrogens is 2. The van der Waals surface area contributed by atoms with Crippen molar-refractivity contribution in [1.29, 1.82) is 0 Å². The maximum absolute atomic E-state index is 11.8. The number of hydrogen-bond acceptors (Lipinski definition) is 6. The molecule has 0 bridgehead atoms. The third-order valence-electron chi connectivity index (χ3n) is 2.86. The van der Waals surface area contributed by atoms with E-state index in [-0.39, 0.29) is 6.09 Å². The van der Waals surface area contributed by atoms with Crippen LogP contribution in [-0.2, 0) is 22.5 Å². The van der Waals surface area contributed by atoms with Gasteiger partial charge in [-0.1, -0.05) is 5.16 Å². The molecule has 0 unspecified atom stereocenters. The molecule has 0 saturated carbocycles. The second kappa shape index (κ2) is 5.78. The van der Waals surface area contributed by atoms with E-state index < -0.39 is 5.60 Å². The number of amides is 1. The molecule has 20 heavy (non-hydrogen) atoms. The highest BCUT2D eigenvalue weighted by Crippen LogP contribution is 2.22. The first-order chi connectivity index (χ1) is 9.37. The SMILES string of the molecule is COCc1noc(CC2CN(C(=O)OC(C)(C)C)C2)n1. The van der Waals surface area contributed by atoms with Crippen LogP contribution in [0.4, 0.5) is 4.79 Å². The summed E-state index contributed by atoms with van der Waals surface area (Å²) in [7, 11) is 1.58. The molecule has 0 atom stereocenters. The predicted molar refractivity (Wildman–Crippen MR) is 70.0 cm³/mol. The van der Waals surface area contributed by atoms with E-state index in [4.69, 9.17) is 14.0 Å². The molecule has 1 saturated heterocycles. The monoisotopic (exact) mass is 283 g/mol. The van der Waals surface area contributed by atoms with Gasteiger partial charge in [0.15, 0.2) is 5.82 Å². The van der Waals surface area contributed by atoms with Crippen molar-refractivity contribution < 1.29 is 18.8 Å². The van der Waals surface area contributed by atoms with Gasteiger partial charge in [-0.3, -0.25) is 0 Å². The van der Waals surface area contributed by atoms with E-state index >= 15 is 0 Å². The fraction of sp³-hybridized carbons (Fsp3) is 0.769. The summed E-state index contributed by atoms with van der Waals surface area (Å²) in [5, 5.41) is 3.80. The van der Waals surface area contributed by atoms with Crippen molar-refractivity contribution in [3.05, 3.63) is 11.7 Å². The first kappa shape index (κ1) is 14.8. The Morgan fingerprint density at radius 1 is 1.45 bits per heavy atom. The third kappa shape index (κ3) is 3.93. The molecule has 0 spiro atoms. The number of carbonyl (C=O) groups is 1. The number of carbonyl (C=O) groups excluding carboxylic acids is 1. The van der Waals surface area contributed by atoms with E-state index in [0.29, 0.717) is 43.8 Å². The number of hydrogen-bond donors (Lipinski definition) is 0. The lowest BCUT2D eigenvalue weighted by molar-refractivity contribution is -0.00186. The van der Waals surface area contributed by atoms with Crippen LogP contribution in [0.25, 0.3) is 0 Å². The molecule has 0 aliphatic carbocycles. The molecular weight excluding hydrogens is 262 g/mol. The van der Waals surface area contributed by atoms with Crippen LogP contribution in [0, 0.1) is 5.92 Å². The highest BCUT2D eigenvalue weighted by molar-refractivity contribution is 5.69. The fourth-order valence-electron chi connectivity index (χ4n) is 1.98. The molecule has 0 radical (unpaired) electrons. The average molecular weight is 283 g/mol. The van der Waals surface area contributed by atoms with Crippen LogP contribution >= 0.6 is 0 Å². The van der Waals surface area contributed by atoms with Gasteiger partial charge in [-0.2, -0.15) is 4.98 Å². The quantitative estimate of drug-likeness (QED) is 0.835. The molecule has 1 aromatic heterocycles. The van der Waals surface area contributed by atoms with Crippen LogP contribution in [0.2, 0.25) is 0 Å². The lowest BCUT2D eigenvalue weighted by Gasteiger charge is -2.39. The van der Waals surface area contributed by atoms with Gasteiger partial charge in [0.2, 0.25) is 5.89 Å². The number of methoxy groups -OCH3 is 1. The van der Waals surface area contributed by atoms with Gasteiger partial charge in [0.25, 0.3) is 0 Å². The zero-order valence-electron chi connectivity index (χ0n) is 12.4. The topological polar surface area (TPSA) is 77.7 Å². The molecule has 1 aliphatic rings. The Kier molecular flexibility index (Phi) is 4.27. The van der Waals surface area contributed by atoms with Gasteiger partial charge in [0, 0.05) is 32.5 Å². The van der Waals surface area contributed by atoms with E-state index in [1.165, 1.54) is 0 Å². The maximum atomic E-state index is 11.8. The largest absolute Gasteiger partial charge is 0.444 e. The van der Waals surface area contributed by atoms with E-state index in [9.17, 15) is 4.79 Å². The molecule has 1 amide bonds. The predicted octanol–water partition coefficient (Wildman–Crippen LogP) is 1.63. The molecule has 2 rings (SSSR count). The molecule has 112 valence electrons. The highest BCUT2D eigenvalue weighted by Gasteiger charge is 2.34. The lowest BCUT2D eigenvalue weighted by atomic mass is 9.97. The normalized spacial score (nSPS) is 16.1. The molecule has 0 aromatic carbocycles. The summed E-state index contributed by atoms with van der Waals surface area (Å²) in [6, 6.07) is 0. The van der Waals surface area contributed by atoms with Gasteiger partial charge in [0.1, 0.15) is 12.2 Å². The van der Waals surface area contributed by atoms with Gasteiger partial charge in [-0.15, -0.1) is 0 Å². The van der Waals surface area contributed by atoms with Crippen molar-refractivity contribution in [3.8, 4) is 0 Å². The van der Waals surface area contributed by atoms with Gasteiger partial charge < -0.3 is 18.9 Å². The van der Waals surface area contributed by atoms with Crippen LogP contribution in [0.15, 0.2) is 4.52 Å². The van der Waals surface area contributed by atoms with Crippen molar-refractivity contribution in [2.45, 2.75) is 39.4 Å². The molecule has 1 aliphatic heterocycles. The maximum Gasteiger partial charge on any atom is 0.410 e. The standard InChI is InChI=1S/C13H21N3O4/c1-13(2,3)19-12(17)16-6-9(7-16)5-11-14-10(8-18-4)15-20-11/h9H,5-8H2,1-4H3. The summed E-state index contributed by atoms with van der Waals surface area (Å²) in [5.74, 6) is 1.48. The summed E-state index contributed by atoms with van der Waals surface area (Å²) in [6.45, 7) is 7.25. The summed E-state index contributed by atoms with van der Waals surface area (Å²) < 4.78 is 15.3. The van der Waals surface area contributed by atoms with Gasteiger partial charge >= 0.3 is 6.09 Å². The molecule has 1 aromatic rings. The zero-order chi connectivity index (χ0) is 14.8. The minimum absolute atomic E-state index is 0.264. The van der Waals surface area contributed by atoms with Gasteiger partial charge in [-0.05, 0) is 20.8 Å². The van der Waals surface area contributed by atoms with E-state index in [2.05, 4.69) is 10.1 Å². The fourth-order valence-corrected chi connectivity index (χ4v) is 1.98. The molecular formula is C13H21N3O4. The Bertz CT molecular complexity index is 460. The molecule has 7 heteroatoms. The molecule has 1 fully saturated rings. The van der Waals surface area contributed by atoms with E-state index in [1.807, 2.05) is 20.8 Å². The van der Waals surface area contributed by atoms with Crippen LogP contribution in [0.3, 0.4) is 0 Å². The smallest absolute Gasteiger partial charge is 0.410 e. The van der Waals surface area contributed by atoms with Crippen LogP contribution in [0.5, 0.6) is 0 Å². The average Bonchev–Trinajstić information content (AvgIpc) is 2.68. The highest BCUT2D eigenvalue weighted by atomic mass is 16.6. The summed E-state index contributed by atoms with van der Waals surface area (Å²) in [6.07, 6.45) is 0.412. The second-order valence-electron chi connectivity index (χ2n) is 5.99. The summed E-state index contributed by atoms with van der Waals surface area (Å²) >= 11 is 0. The van der Waals surface area contributed by atoms with Crippen molar-refractivity contribution in [2.24, 2.45) is 5.92 Å². The first-order valence-electron chi connectivity index (χ1n) is 6.65. The minimum Gasteiger partial charge on any atom is -0.444 e. The Balaban J connectivity index is 1.74. The Morgan fingerprint density at radius 2 is 2.15 bits per heavy atom. The Hall–Kier alpha value is -1.63. The van der Waals surface area contributed by atoms with E-state index in [0.717, 1.165) is 0 Å². The third-order valence-corrected chi connectivity index (χ3v) is 2.86. The number of rotatable bonds is 4. The number of likely N-dealkylation sites (tertiary alicyclic amines) is 1. The van der Waals surface area contributed by atoms with Crippen molar-refractivity contribution in [3.63, 3.8) is 0 Å². The number of nitrogens with zero attached hydrogens (tertiary/aromatic N) is 3. The van der Waals surface area contributed by atoms with Crippen LogP contribution in [0.1, 0.15) is 32.5 Å². The van der Waals surface area contributed by atoms with Gasteiger partial charge in [0.05, 0.1) is 0 Å². The second-order valence-corrected chi connectivity index (χ2v) is 5.99. The zero-order valence-corrected chi connectivity index (χ0v) is 12.4. The van der Waals surface area contributed by atoms with Crippen molar-refractivity contribution in [2.75, 3.05) is 20.2 Å². The minimum atomic E-state index is -0.455. The molecule has 0 N–H and O–H groups in total. The van der Waals surface area contributed by atoms with Crippen LogP contribution in [-0.4, -0.2) is 46.9 Å². The van der Waals surface area contributed by atoms with E-state index in [1.54, 1.807) is 12.0 Å². The first-order valence-corrected chi connectivity index (χ1v) is 6.65. The molecule has 7 nitrogen and oxygen atoms in total. The number of ether oxygens (including phenoxy) is 2. The molecule has 2 heterocycles. The Labute approximate surface area is 118 Å². The van der Waals surface area contributed by atoms with Crippen molar-refractivity contribution >= 4 is 6.09 Å². The summed E-state index contributed by atoms with van der Waals surface area (Å²) in [5.41, 5.74) is -0.455. The van der Waals surface area contributed by atoms with Gasteiger partial charge in [-0.25, -0.2) is 4.79 Å². The Morgan fingerprint density at radius 3 is 2.75 bits per heavy atom. The summed E-state index contributed by atoms with van der Waals surface area (Å²) in [4.78, 5) is 17.7.